The van der Waals surface area contributed by atoms with Gasteiger partial charge in [0.15, 0.2) is 11.5 Å². The van der Waals surface area contributed by atoms with Crippen molar-refractivity contribution >= 4 is 28.9 Å². The van der Waals surface area contributed by atoms with Gasteiger partial charge < -0.3 is 19.7 Å². The summed E-state index contributed by atoms with van der Waals surface area (Å²) in [5, 5.41) is 3.40. The Kier molecular flexibility index (Phi) is 5.34. The second kappa shape index (κ2) is 7.66. The number of nitrogens with zero attached hydrogens (tertiary/aromatic N) is 1. The molecular weight excluding hydrogens is 340 g/mol. The maximum absolute atomic E-state index is 12.6. The molecule has 2 aromatic rings. The molecule has 132 valence electrons. The lowest BCUT2D eigenvalue weighted by atomic mass is 10.1. The van der Waals surface area contributed by atoms with E-state index in [1.807, 2.05) is 18.2 Å². The summed E-state index contributed by atoms with van der Waals surface area (Å²) < 4.78 is 10.4. The Labute approximate surface area is 152 Å². The standard InChI is InChI=1S/C19H21ClN2O3/c1-24-17-8-5-13(11-18(17)25-2)19(23)21-16-12-14(6-7-15(16)20)22-9-3-4-10-22/h5-8,11-12H,3-4,9-10H2,1-2H3,(H,21,23). The number of benzene rings is 2. The van der Waals surface area contributed by atoms with Crippen LogP contribution in [0.25, 0.3) is 0 Å². The topological polar surface area (TPSA) is 50.8 Å². The molecule has 0 radical (unpaired) electrons. The van der Waals surface area contributed by atoms with Gasteiger partial charge in [-0.25, -0.2) is 0 Å². The maximum atomic E-state index is 12.6. The molecule has 0 bridgehead atoms. The smallest absolute Gasteiger partial charge is 0.255 e. The number of hydrogen-bond acceptors (Lipinski definition) is 4. The molecule has 0 spiro atoms. The van der Waals surface area contributed by atoms with Crippen molar-refractivity contribution in [2.24, 2.45) is 0 Å². The van der Waals surface area contributed by atoms with Gasteiger partial charge in [0.25, 0.3) is 5.91 Å². The molecule has 1 saturated heterocycles. The van der Waals surface area contributed by atoms with Crippen molar-refractivity contribution in [2.45, 2.75) is 12.8 Å². The molecule has 1 heterocycles. The van der Waals surface area contributed by atoms with Gasteiger partial charge in [0, 0.05) is 24.3 Å². The Hall–Kier alpha value is -2.40. The van der Waals surface area contributed by atoms with Gasteiger partial charge in [-0.2, -0.15) is 0 Å². The highest BCUT2D eigenvalue weighted by atomic mass is 35.5. The molecule has 0 aliphatic carbocycles. The maximum Gasteiger partial charge on any atom is 0.255 e. The van der Waals surface area contributed by atoms with Crippen LogP contribution in [0, 0.1) is 0 Å². The minimum absolute atomic E-state index is 0.249. The third-order valence-electron chi connectivity index (χ3n) is 4.32. The van der Waals surface area contributed by atoms with Crippen molar-refractivity contribution in [1.82, 2.24) is 0 Å². The quantitative estimate of drug-likeness (QED) is 0.867. The summed E-state index contributed by atoms with van der Waals surface area (Å²) in [7, 11) is 3.09. The third-order valence-corrected chi connectivity index (χ3v) is 4.64. The van der Waals surface area contributed by atoms with Gasteiger partial charge in [-0.15, -0.1) is 0 Å². The average molecular weight is 361 g/mol. The van der Waals surface area contributed by atoms with Crippen LogP contribution >= 0.6 is 11.6 Å². The molecule has 0 aromatic heterocycles. The lowest BCUT2D eigenvalue weighted by Crippen LogP contribution is -2.18. The van der Waals surface area contributed by atoms with E-state index in [-0.39, 0.29) is 5.91 Å². The molecule has 1 amide bonds. The highest BCUT2D eigenvalue weighted by molar-refractivity contribution is 6.34. The Balaban J connectivity index is 1.81. The SMILES string of the molecule is COc1ccc(C(=O)Nc2cc(N3CCCC3)ccc2Cl)cc1OC. The summed E-state index contributed by atoms with van der Waals surface area (Å²) >= 11 is 6.26. The van der Waals surface area contributed by atoms with Gasteiger partial charge >= 0.3 is 0 Å². The highest BCUT2D eigenvalue weighted by Gasteiger charge is 2.16. The number of amides is 1. The summed E-state index contributed by atoms with van der Waals surface area (Å²) in [6, 6.07) is 10.8. The van der Waals surface area contributed by atoms with Gasteiger partial charge in [-0.1, -0.05) is 11.6 Å². The Morgan fingerprint density at radius 2 is 1.76 bits per heavy atom. The molecule has 1 aliphatic heterocycles. The minimum atomic E-state index is -0.249. The van der Waals surface area contributed by atoms with Crippen molar-refractivity contribution in [1.29, 1.82) is 0 Å². The van der Waals surface area contributed by atoms with Gasteiger partial charge in [0.1, 0.15) is 0 Å². The number of anilines is 2. The number of ether oxygens (including phenoxy) is 2. The van der Waals surface area contributed by atoms with Crippen LogP contribution in [0.5, 0.6) is 11.5 Å². The van der Waals surface area contributed by atoms with Crippen molar-refractivity contribution in [2.75, 3.05) is 37.5 Å². The first-order valence-corrected chi connectivity index (χ1v) is 8.58. The van der Waals surface area contributed by atoms with Crippen molar-refractivity contribution in [3.63, 3.8) is 0 Å². The van der Waals surface area contributed by atoms with Gasteiger partial charge in [0.2, 0.25) is 0 Å². The van der Waals surface area contributed by atoms with Crippen LogP contribution in [0.2, 0.25) is 5.02 Å². The molecule has 0 saturated carbocycles. The van der Waals surface area contributed by atoms with Gasteiger partial charge in [-0.3, -0.25) is 4.79 Å². The normalized spacial score (nSPS) is 13.6. The first kappa shape index (κ1) is 17.4. The largest absolute Gasteiger partial charge is 0.493 e. The average Bonchev–Trinajstić information content (AvgIpc) is 3.17. The Morgan fingerprint density at radius 3 is 2.44 bits per heavy atom. The van der Waals surface area contributed by atoms with Crippen molar-refractivity contribution in [3.8, 4) is 11.5 Å². The zero-order chi connectivity index (χ0) is 17.8. The lowest BCUT2D eigenvalue weighted by molar-refractivity contribution is 0.102. The van der Waals surface area contributed by atoms with Crippen LogP contribution in [0.1, 0.15) is 23.2 Å². The zero-order valence-corrected chi connectivity index (χ0v) is 15.1. The van der Waals surface area contributed by atoms with E-state index in [4.69, 9.17) is 21.1 Å². The number of carbonyl (C=O) groups excluding carboxylic acids is 1. The molecule has 5 nitrogen and oxygen atoms in total. The van der Waals surface area contributed by atoms with E-state index in [1.54, 1.807) is 25.3 Å². The first-order valence-electron chi connectivity index (χ1n) is 8.20. The predicted molar refractivity (Wildman–Crippen MR) is 100 cm³/mol. The summed E-state index contributed by atoms with van der Waals surface area (Å²) in [5.41, 5.74) is 2.15. The number of nitrogens with one attached hydrogen (secondary N) is 1. The molecular formula is C19H21ClN2O3. The Bertz CT molecular complexity index is 773. The lowest BCUT2D eigenvalue weighted by Gasteiger charge is -2.19. The van der Waals surface area contributed by atoms with E-state index in [2.05, 4.69) is 10.2 Å². The minimum Gasteiger partial charge on any atom is -0.493 e. The number of rotatable bonds is 5. The second-order valence-electron chi connectivity index (χ2n) is 5.88. The molecule has 1 aliphatic rings. The van der Waals surface area contributed by atoms with Crippen LogP contribution in [0.4, 0.5) is 11.4 Å². The first-order chi connectivity index (χ1) is 12.1. The van der Waals surface area contributed by atoms with Crippen LogP contribution in [-0.4, -0.2) is 33.2 Å². The van der Waals surface area contributed by atoms with Crippen LogP contribution in [0.15, 0.2) is 36.4 Å². The van der Waals surface area contributed by atoms with E-state index >= 15 is 0 Å². The molecule has 2 aromatic carbocycles. The fraction of sp³-hybridized carbons (Fsp3) is 0.316. The highest BCUT2D eigenvalue weighted by Crippen LogP contribution is 2.31. The summed E-state index contributed by atoms with van der Waals surface area (Å²) in [5.74, 6) is 0.835. The number of carbonyl (C=O) groups is 1. The zero-order valence-electron chi connectivity index (χ0n) is 14.3. The van der Waals surface area contributed by atoms with Crippen LogP contribution < -0.4 is 19.7 Å². The van der Waals surface area contributed by atoms with Gasteiger partial charge in [0.05, 0.1) is 24.9 Å². The summed E-state index contributed by atoms with van der Waals surface area (Å²) in [6.07, 6.45) is 2.38. The van der Waals surface area contributed by atoms with E-state index in [0.29, 0.717) is 27.8 Å². The molecule has 25 heavy (non-hydrogen) atoms. The number of hydrogen-bond donors (Lipinski definition) is 1. The number of methoxy groups -OCH3 is 2. The molecule has 6 heteroatoms. The second-order valence-corrected chi connectivity index (χ2v) is 6.29. The van der Waals surface area contributed by atoms with Crippen molar-refractivity contribution in [3.05, 3.63) is 47.0 Å². The fourth-order valence-electron chi connectivity index (χ4n) is 2.95. The van der Waals surface area contributed by atoms with Crippen molar-refractivity contribution < 1.29 is 14.3 Å². The van der Waals surface area contributed by atoms with Crippen LogP contribution in [0.3, 0.4) is 0 Å². The molecule has 3 rings (SSSR count). The number of halogens is 1. The third kappa shape index (κ3) is 3.82. The molecule has 1 N–H and O–H groups in total. The van der Waals surface area contributed by atoms with E-state index in [1.165, 1.54) is 20.0 Å². The Morgan fingerprint density at radius 1 is 1.04 bits per heavy atom. The monoisotopic (exact) mass is 360 g/mol. The van der Waals surface area contributed by atoms with E-state index in [0.717, 1.165) is 18.8 Å². The predicted octanol–water partition coefficient (Wildman–Crippen LogP) is 4.21. The molecule has 0 atom stereocenters. The molecule has 1 fully saturated rings. The van der Waals surface area contributed by atoms with Crippen LogP contribution in [-0.2, 0) is 0 Å². The van der Waals surface area contributed by atoms with E-state index < -0.39 is 0 Å². The summed E-state index contributed by atoms with van der Waals surface area (Å²) in [6.45, 7) is 2.06. The summed E-state index contributed by atoms with van der Waals surface area (Å²) in [4.78, 5) is 14.9. The van der Waals surface area contributed by atoms with E-state index in [9.17, 15) is 4.79 Å². The fourth-order valence-corrected chi connectivity index (χ4v) is 3.12. The van der Waals surface area contributed by atoms with Gasteiger partial charge in [-0.05, 0) is 49.2 Å². The molecule has 0 unspecified atom stereocenters.